The Hall–Kier alpha value is -2.14. The van der Waals surface area contributed by atoms with Gasteiger partial charge in [-0.3, -0.25) is 9.48 Å². The first-order chi connectivity index (χ1) is 13.5. The molecule has 2 atom stereocenters. The number of aromatic nitrogens is 2. The second kappa shape index (κ2) is 8.08. The summed E-state index contributed by atoms with van der Waals surface area (Å²) in [5.74, 6) is 1.37. The zero-order valence-electron chi connectivity index (χ0n) is 17.0. The number of nitrogens with two attached hydrogens (primary N) is 1. The summed E-state index contributed by atoms with van der Waals surface area (Å²) in [5, 5.41) is 7.90. The lowest BCUT2D eigenvalue weighted by atomic mass is 9.65. The van der Waals surface area contributed by atoms with Gasteiger partial charge in [0.25, 0.3) is 0 Å². The smallest absolute Gasteiger partial charge is 0.223 e. The molecule has 4 rings (SSSR count). The molecule has 2 aliphatic rings. The van der Waals surface area contributed by atoms with Crippen molar-refractivity contribution >= 4 is 5.91 Å². The first kappa shape index (κ1) is 19.2. The van der Waals surface area contributed by atoms with Crippen molar-refractivity contribution < 1.29 is 4.79 Å². The third-order valence-electron chi connectivity index (χ3n) is 6.93. The maximum absolute atomic E-state index is 12.9. The van der Waals surface area contributed by atoms with Gasteiger partial charge in [-0.05, 0) is 56.9 Å². The third-order valence-corrected chi connectivity index (χ3v) is 6.93. The molecule has 2 aliphatic carbocycles. The second-order valence-electron chi connectivity index (χ2n) is 8.71. The topological polar surface area (TPSA) is 72.9 Å². The minimum absolute atomic E-state index is 0.120. The normalized spacial score (nSPS) is 26.8. The second-order valence-corrected chi connectivity index (χ2v) is 8.71. The van der Waals surface area contributed by atoms with E-state index in [1.54, 1.807) is 0 Å². The Morgan fingerprint density at radius 3 is 2.54 bits per heavy atom. The largest absolute Gasteiger partial charge is 0.352 e. The molecule has 0 aliphatic heterocycles. The molecule has 150 valence electrons. The molecule has 2 fully saturated rings. The van der Waals surface area contributed by atoms with Gasteiger partial charge >= 0.3 is 0 Å². The standard InChI is InChI=1S/C23H32N4O/c1-15-21(16(2)27(26-15)14-17-7-4-3-5-8-17)13-25-23(28)20-11-18-9-6-10-19(12-20)22(18)24/h3-5,7-8,18-20,22H,6,9-14,24H2,1-2H3,(H,25,28). The van der Waals surface area contributed by atoms with Crippen molar-refractivity contribution in [3.8, 4) is 0 Å². The zero-order chi connectivity index (χ0) is 19.7. The molecule has 2 saturated carbocycles. The van der Waals surface area contributed by atoms with E-state index in [1.165, 1.54) is 24.8 Å². The SMILES string of the molecule is Cc1nn(Cc2ccccc2)c(C)c1CNC(=O)C1CC2CCCC(C1)C2N. The highest BCUT2D eigenvalue weighted by Gasteiger charge is 2.40. The molecule has 5 heteroatoms. The number of hydrogen-bond donors (Lipinski definition) is 2. The molecular weight excluding hydrogens is 348 g/mol. The van der Waals surface area contributed by atoms with Gasteiger partial charge in [0, 0.05) is 29.8 Å². The van der Waals surface area contributed by atoms with Gasteiger partial charge in [0.05, 0.1) is 12.2 Å². The van der Waals surface area contributed by atoms with Gasteiger partial charge in [-0.25, -0.2) is 0 Å². The van der Waals surface area contributed by atoms with Crippen LogP contribution >= 0.6 is 0 Å². The molecule has 3 N–H and O–H groups in total. The van der Waals surface area contributed by atoms with Gasteiger partial charge in [0.2, 0.25) is 5.91 Å². The van der Waals surface area contributed by atoms with Crippen LogP contribution in [0.1, 0.15) is 54.6 Å². The van der Waals surface area contributed by atoms with Crippen LogP contribution in [0.15, 0.2) is 30.3 Å². The molecule has 28 heavy (non-hydrogen) atoms. The van der Waals surface area contributed by atoms with E-state index >= 15 is 0 Å². The van der Waals surface area contributed by atoms with E-state index in [0.717, 1.165) is 36.3 Å². The number of hydrogen-bond acceptors (Lipinski definition) is 3. The monoisotopic (exact) mass is 380 g/mol. The lowest BCUT2D eigenvalue weighted by Crippen LogP contribution is -2.49. The molecule has 0 saturated heterocycles. The lowest BCUT2D eigenvalue weighted by Gasteiger charge is -2.43. The molecule has 1 aromatic carbocycles. The van der Waals surface area contributed by atoms with Crippen LogP contribution < -0.4 is 11.1 Å². The zero-order valence-corrected chi connectivity index (χ0v) is 17.0. The summed E-state index contributed by atoms with van der Waals surface area (Å²) in [6.07, 6.45) is 5.55. The number of benzene rings is 1. The van der Waals surface area contributed by atoms with Crippen molar-refractivity contribution in [3.05, 3.63) is 52.8 Å². The minimum atomic E-state index is 0.120. The number of aryl methyl sites for hydroxylation is 1. The molecule has 2 aromatic rings. The molecule has 1 amide bonds. The van der Waals surface area contributed by atoms with Crippen molar-refractivity contribution in [2.24, 2.45) is 23.5 Å². The van der Waals surface area contributed by atoms with E-state index in [4.69, 9.17) is 10.8 Å². The number of nitrogens with one attached hydrogen (secondary N) is 1. The Bertz CT molecular complexity index is 815. The van der Waals surface area contributed by atoms with Crippen LogP contribution in [0.3, 0.4) is 0 Å². The fourth-order valence-corrected chi connectivity index (χ4v) is 5.22. The number of carbonyl (C=O) groups is 1. The van der Waals surface area contributed by atoms with Crippen molar-refractivity contribution in [1.29, 1.82) is 0 Å². The number of rotatable bonds is 5. The van der Waals surface area contributed by atoms with Crippen LogP contribution in [-0.4, -0.2) is 21.7 Å². The molecular formula is C23H32N4O. The van der Waals surface area contributed by atoms with E-state index in [9.17, 15) is 4.79 Å². The highest BCUT2D eigenvalue weighted by Crippen LogP contribution is 2.41. The summed E-state index contributed by atoms with van der Waals surface area (Å²) in [5.41, 5.74) is 10.9. The summed E-state index contributed by atoms with van der Waals surface area (Å²) < 4.78 is 2.04. The van der Waals surface area contributed by atoms with Crippen molar-refractivity contribution in [1.82, 2.24) is 15.1 Å². The molecule has 5 nitrogen and oxygen atoms in total. The van der Waals surface area contributed by atoms with E-state index < -0.39 is 0 Å². The predicted octanol–water partition coefficient (Wildman–Crippen LogP) is 3.32. The molecule has 1 heterocycles. The molecule has 1 aromatic heterocycles. The van der Waals surface area contributed by atoms with Crippen LogP contribution in [-0.2, 0) is 17.9 Å². The highest BCUT2D eigenvalue weighted by atomic mass is 16.1. The number of fused-ring (bicyclic) bond motifs is 2. The van der Waals surface area contributed by atoms with Gasteiger partial charge in [-0.2, -0.15) is 5.10 Å². The Balaban J connectivity index is 1.39. The summed E-state index contributed by atoms with van der Waals surface area (Å²) in [7, 11) is 0. The first-order valence-electron chi connectivity index (χ1n) is 10.6. The molecule has 0 radical (unpaired) electrons. The van der Waals surface area contributed by atoms with E-state index in [-0.39, 0.29) is 11.8 Å². The van der Waals surface area contributed by atoms with Crippen molar-refractivity contribution in [2.45, 2.75) is 65.1 Å². The lowest BCUT2D eigenvalue weighted by molar-refractivity contribution is -0.128. The van der Waals surface area contributed by atoms with Crippen molar-refractivity contribution in [2.75, 3.05) is 0 Å². The summed E-state index contributed by atoms with van der Waals surface area (Å²) in [6, 6.07) is 10.7. The van der Waals surface area contributed by atoms with Crippen LogP contribution in [0, 0.1) is 31.6 Å². The van der Waals surface area contributed by atoms with Gasteiger partial charge in [-0.1, -0.05) is 36.8 Å². The Kier molecular flexibility index (Phi) is 5.54. The van der Waals surface area contributed by atoms with E-state index in [2.05, 4.69) is 24.4 Å². The summed E-state index contributed by atoms with van der Waals surface area (Å²) >= 11 is 0. The molecule has 0 spiro atoms. The Morgan fingerprint density at radius 1 is 1.18 bits per heavy atom. The number of carbonyl (C=O) groups excluding carboxylic acids is 1. The molecule has 2 unspecified atom stereocenters. The summed E-state index contributed by atoms with van der Waals surface area (Å²) in [4.78, 5) is 12.9. The fourth-order valence-electron chi connectivity index (χ4n) is 5.22. The maximum Gasteiger partial charge on any atom is 0.223 e. The number of amides is 1. The number of nitrogens with zero attached hydrogens (tertiary/aromatic N) is 2. The van der Waals surface area contributed by atoms with E-state index in [0.29, 0.717) is 24.4 Å². The van der Waals surface area contributed by atoms with Crippen LogP contribution in [0.4, 0.5) is 0 Å². The van der Waals surface area contributed by atoms with Gasteiger partial charge < -0.3 is 11.1 Å². The van der Waals surface area contributed by atoms with Crippen LogP contribution in [0.25, 0.3) is 0 Å². The fraction of sp³-hybridized carbons (Fsp3) is 0.565. The van der Waals surface area contributed by atoms with E-state index in [1.807, 2.05) is 29.8 Å². The minimum Gasteiger partial charge on any atom is -0.352 e. The Labute approximate surface area is 167 Å². The maximum atomic E-state index is 12.9. The quantitative estimate of drug-likeness (QED) is 0.836. The Morgan fingerprint density at radius 2 is 1.86 bits per heavy atom. The highest BCUT2D eigenvalue weighted by molar-refractivity contribution is 5.78. The van der Waals surface area contributed by atoms with Crippen LogP contribution in [0.5, 0.6) is 0 Å². The van der Waals surface area contributed by atoms with Gasteiger partial charge in [0.1, 0.15) is 0 Å². The summed E-state index contributed by atoms with van der Waals surface area (Å²) in [6.45, 7) is 5.43. The third kappa shape index (κ3) is 3.86. The van der Waals surface area contributed by atoms with Crippen LogP contribution in [0.2, 0.25) is 0 Å². The van der Waals surface area contributed by atoms with Gasteiger partial charge in [-0.15, -0.1) is 0 Å². The predicted molar refractivity (Wildman–Crippen MR) is 111 cm³/mol. The average Bonchev–Trinajstić information content (AvgIpc) is 2.93. The average molecular weight is 381 g/mol. The molecule has 2 bridgehead atoms. The van der Waals surface area contributed by atoms with Gasteiger partial charge in [0.15, 0.2) is 0 Å². The first-order valence-corrected chi connectivity index (χ1v) is 10.6. The van der Waals surface area contributed by atoms with Crippen molar-refractivity contribution in [3.63, 3.8) is 0 Å².